The number of rotatable bonds is 8. The van der Waals surface area contributed by atoms with Crippen molar-refractivity contribution in [2.24, 2.45) is 0 Å². The lowest BCUT2D eigenvalue weighted by atomic mass is 10.1. The third-order valence-electron chi connectivity index (χ3n) is 3.42. The largest absolute Gasteiger partial charge is 0.492 e. The van der Waals surface area contributed by atoms with E-state index >= 15 is 0 Å². The summed E-state index contributed by atoms with van der Waals surface area (Å²) >= 11 is 0. The topological polar surface area (TPSA) is 108 Å². The Kier molecular flexibility index (Phi) is 6.67. The number of carbonyl (C=O) groups is 2. The number of nitrogens with one attached hydrogen (secondary N) is 1. The number of nitro groups is 1. The van der Waals surface area contributed by atoms with Crippen LogP contribution in [0.1, 0.15) is 15.9 Å². The van der Waals surface area contributed by atoms with E-state index in [0.29, 0.717) is 11.3 Å². The zero-order valence-corrected chi connectivity index (χ0v) is 14.1. The van der Waals surface area contributed by atoms with Gasteiger partial charge in [-0.2, -0.15) is 0 Å². The van der Waals surface area contributed by atoms with E-state index < -0.39 is 23.4 Å². The molecule has 136 valence electrons. The molecule has 0 atom stereocenters. The van der Waals surface area contributed by atoms with Crippen molar-refractivity contribution in [3.63, 3.8) is 0 Å². The number of hydrogen-bond acceptors (Lipinski definition) is 6. The van der Waals surface area contributed by atoms with Crippen molar-refractivity contribution >= 4 is 17.6 Å². The monoisotopic (exact) mass is 358 g/mol. The first-order valence-corrected chi connectivity index (χ1v) is 7.84. The predicted octanol–water partition coefficient (Wildman–Crippen LogP) is 2.26. The highest BCUT2D eigenvalue weighted by atomic mass is 16.6. The van der Waals surface area contributed by atoms with E-state index in [1.807, 2.05) is 18.2 Å². The number of nitro benzene ring substituents is 1. The van der Waals surface area contributed by atoms with Crippen LogP contribution < -0.4 is 10.1 Å². The summed E-state index contributed by atoms with van der Waals surface area (Å²) in [5.74, 6) is -0.753. The summed E-state index contributed by atoms with van der Waals surface area (Å²) in [6.07, 6.45) is 0. The molecule has 0 unspecified atom stereocenters. The molecule has 0 fully saturated rings. The molecule has 8 nitrogen and oxygen atoms in total. The van der Waals surface area contributed by atoms with Crippen molar-refractivity contribution in [3.8, 4) is 5.75 Å². The molecule has 2 aromatic rings. The van der Waals surface area contributed by atoms with Gasteiger partial charge in [0, 0.05) is 6.07 Å². The molecule has 0 bridgehead atoms. The summed E-state index contributed by atoms with van der Waals surface area (Å²) in [4.78, 5) is 34.1. The van der Waals surface area contributed by atoms with Gasteiger partial charge in [0.1, 0.15) is 17.9 Å². The molecule has 0 spiro atoms. The average Bonchev–Trinajstić information content (AvgIpc) is 2.64. The quantitative estimate of drug-likeness (QED) is 0.336. The van der Waals surface area contributed by atoms with Crippen molar-refractivity contribution < 1.29 is 24.0 Å². The van der Waals surface area contributed by atoms with E-state index in [2.05, 4.69) is 5.32 Å². The number of para-hydroxylation sites is 1. The summed E-state index contributed by atoms with van der Waals surface area (Å²) in [5, 5.41) is 13.5. The molecule has 0 aromatic heterocycles. The minimum Gasteiger partial charge on any atom is -0.492 e. The molecule has 0 aliphatic heterocycles. The molecule has 0 aliphatic carbocycles. The van der Waals surface area contributed by atoms with Crippen LogP contribution in [0.4, 0.5) is 5.69 Å². The maximum atomic E-state index is 12.1. The van der Waals surface area contributed by atoms with E-state index in [4.69, 9.17) is 9.47 Å². The number of hydrogen-bond donors (Lipinski definition) is 1. The lowest BCUT2D eigenvalue weighted by Gasteiger charge is -2.09. The highest BCUT2D eigenvalue weighted by Gasteiger charge is 2.24. The van der Waals surface area contributed by atoms with Crippen molar-refractivity contribution in [2.75, 3.05) is 19.8 Å². The summed E-state index contributed by atoms with van der Waals surface area (Å²) in [6.45, 7) is 1.52. The number of nitrogens with zero attached hydrogens (tertiary/aromatic N) is 1. The van der Waals surface area contributed by atoms with E-state index in [9.17, 15) is 19.7 Å². The van der Waals surface area contributed by atoms with Crippen molar-refractivity contribution in [3.05, 3.63) is 69.8 Å². The standard InChI is InChI=1S/C18H18N2O6/c1-13-6-5-9-15(20(23)24)17(13)18(22)26-12-16(21)19-10-11-25-14-7-3-2-4-8-14/h2-9H,10-12H2,1H3,(H,19,21). The van der Waals surface area contributed by atoms with Gasteiger partial charge in [-0.1, -0.05) is 30.3 Å². The van der Waals surface area contributed by atoms with Crippen LogP contribution in [0.3, 0.4) is 0 Å². The van der Waals surface area contributed by atoms with E-state index in [-0.39, 0.29) is 24.4 Å². The lowest BCUT2D eigenvalue weighted by Crippen LogP contribution is -2.32. The summed E-state index contributed by atoms with van der Waals surface area (Å²) in [7, 11) is 0. The molecule has 1 amide bonds. The van der Waals surface area contributed by atoms with Gasteiger partial charge in [0.05, 0.1) is 11.5 Å². The molecule has 0 saturated carbocycles. The minimum absolute atomic E-state index is 0.155. The fourth-order valence-corrected chi connectivity index (χ4v) is 2.20. The number of benzene rings is 2. The van der Waals surface area contributed by atoms with Crippen molar-refractivity contribution in [1.82, 2.24) is 5.32 Å². The maximum Gasteiger partial charge on any atom is 0.345 e. The molecule has 8 heteroatoms. The summed E-state index contributed by atoms with van der Waals surface area (Å²) in [5.41, 5.74) is -0.106. The number of ether oxygens (including phenoxy) is 2. The Labute approximate surface area is 149 Å². The van der Waals surface area contributed by atoms with Gasteiger partial charge in [0.15, 0.2) is 6.61 Å². The fourth-order valence-electron chi connectivity index (χ4n) is 2.20. The Bertz CT molecular complexity index is 792. The zero-order chi connectivity index (χ0) is 18.9. The Morgan fingerprint density at radius 1 is 1.12 bits per heavy atom. The van der Waals surface area contributed by atoms with Gasteiger partial charge in [0.25, 0.3) is 11.6 Å². The van der Waals surface area contributed by atoms with Gasteiger partial charge >= 0.3 is 5.97 Å². The molecule has 26 heavy (non-hydrogen) atoms. The molecule has 0 aliphatic rings. The summed E-state index contributed by atoms with van der Waals surface area (Å²) in [6, 6.07) is 13.4. The van der Waals surface area contributed by atoms with E-state index in [1.165, 1.54) is 12.1 Å². The van der Waals surface area contributed by atoms with Gasteiger partial charge in [-0.3, -0.25) is 14.9 Å². The highest BCUT2D eigenvalue weighted by molar-refractivity contribution is 5.96. The molecule has 2 rings (SSSR count). The predicted molar refractivity (Wildman–Crippen MR) is 93.1 cm³/mol. The fraction of sp³-hybridized carbons (Fsp3) is 0.222. The molecular formula is C18H18N2O6. The van der Waals surface area contributed by atoms with Gasteiger partial charge in [-0.25, -0.2) is 4.79 Å². The minimum atomic E-state index is -0.912. The van der Waals surface area contributed by atoms with Crippen molar-refractivity contribution in [1.29, 1.82) is 0 Å². The van der Waals surface area contributed by atoms with Gasteiger partial charge in [-0.05, 0) is 24.6 Å². The van der Waals surface area contributed by atoms with Crippen LogP contribution in [-0.4, -0.2) is 36.6 Å². The van der Waals surface area contributed by atoms with Crippen LogP contribution in [0.15, 0.2) is 48.5 Å². The Morgan fingerprint density at radius 3 is 2.54 bits per heavy atom. The molecule has 1 N–H and O–H groups in total. The van der Waals surface area contributed by atoms with E-state index in [0.717, 1.165) is 0 Å². The first-order valence-electron chi connectivity index (χ1n) is 7.84. The third-order valence-corrected chi connectivity index (χ3v) is 3.42. The first kappa shape index (κ1) is 18.9. The number of aryl methyl sites for hydroxylation is 1. The van der Waals surface area contributed by atoms with Gasteiger partial charge in [0.2, 0.25) is 0 Å². The second-order valence-corrected chi connectivity index (χ2v) is 5.31. The lowest BCUT2D eigenvalue weighted by molar-refractivity contribution is -0.385. The average molecular weight is 358 g/mol. The highest BCUT2D eigenvalue weighted by Crippen LogP contribution is 2.22. The maximum absolute atomic E-state index is 12.1. The molecule has 0 heterocycles. The van der Waals surface area contributed by atoms with Crippen LogP contribution in [0, 0.1) is 17.0 Å². The Hall–Kier alpha value is -3.42. The SMILES string of the molecule is Cc1cccc([N+](=O)[O-])c1C(=O)OCC(=O)NCCOc1ccccc1. The number of amides is 1. The Balaban J connectivity index is 1.79. The van der Waals surface area contributed by atoms with Crippen LogP contribution in [0.2, 0.25) is 0 Å². The molecule has 2 aromatic carbocycles. The van der Waals surface area contributed by atoms with Crippen molar-refractivity contribution in [2.45, 2.75) is 6.92 Å². The second kappa shape index (κ2) is 9.16. The Morgan fingerprint density at radius 2 is 1.85 bits per heavy atom. The van der Waals surface area contributed by atoms with Crippen LogP contribution in [0.5, 0.6) is 5.75 Å². The zero-order valence-electron chi connectivity index (χ0n) is 14.1. The normalized spacial score (nSPS) is 10.0. The molecular weight excluding hydrogens is 340 g/mol. The first-order chi connectivity index (χ1) is 12.5. The second-order valence-electron chi connectivity index (χ2n) is 5.31. The van der Waals surface area contributed by atoms with E-state index in [1.54, 1.807) is 25.1 Å². The molecule has 0 radical (unpaired) electrons. The summed E-state index contributed by atoms with van der Waals surface area (Å²) < 4.78 is 10.3. The van der Waals surface area contributed by atoms with Crippen LogP contribution in [-0.2, 0) is 9.53 Å². The van der Waals surface area contributed by atoms with Crippen LogP contribution >= 0.6 is 0 Å². The third kappa shape index (κ3) is 5.30. The van der Waals surface area contributed by atoms with Gasteiger partial charge in [-0.15, -0.1) is 0 Å². The smallest absolute Gasteiger partial charge is 0.345 e. The van der Waals surface area contributed by atoms with Crippen LogP contribution in [0.25, 0.3) is 0 Å². The number of esters is 1. The van der Waals surface area contributed by atoms with Gasteiger partial charge < -0.3 is 14.8 Å². The number of carbonyl (C=O) groups excluding carboxylic acids is 2. The molecule has 0 saturated heterocycles.